The summed E-state index contributed by atoms with van der Waals surface area (Å²) < 4.78 is 2.00. The SMILES string of the molecule is Nc1ccc2nc(CC3CCCN3)cn2c1. The molecule has 1 aliphatic rings. The molecule has 2 aromatic rings. The summed E-state index contributed by atoms with van der Waals surface area (Å²) in [5, 5.41) is 3.49. The fourth-order valence-corrected chi connectivity index (χ4v) is 2.34. The van der Waals surface area contributed by atoms with E-state index in [-0.39, 0.29) is 0 Å². The lowest BCUT2D eigenvalue weighted by Gasteiger charge is -2.06. The molecule has 4 nitrogen and oxygen atoms in total. The van der Waals surface area contributed by atoms with Crippen LogP contribution in [0.2, 0.25) is 0 Å². The molecular weight excluding hydrogens is 200 g/mol. The molecule has 0 radical (unpaired) electrons. The quantitative estimate of drug-likeness (QED) is 0.793. The lowest BCUT2D eigenvalue weighted by molar-refractivity contribution is 0.597. The summed E-state index contributed by atoms with van der Waals surface area (Å²) in [4.78, 5) is 4.58. The summed E-state index contributed by atoms with van der Waals surface area (Å²) in [6, 6.07) is 4.45. The average Bonchev–Trinajstić information content (AvgIpc) is 2.86. The molecule has 2 aromatic heterocycles. The van der Waals surface area contributed by atoms with E-state index in [1.54, 1.807) is 0 Å². The molecule has 0 bridgehead atoms. The molecule has 0 saturated carbocycles. The molecule has 3 rings (SSSR count). The van der Waals surface area contributed by atoms with E-state index in [9.17, 15) is 0 Å². The largest absolute Gasteiger partial charge is 0.398 e. The van der Waals surface area contributed by atoms with Crippen molar-refractivity contribution in [2.45, 2.75) is 25.3 Å². The molecular formula is C12H16N4. The summed E-state index contributed by atoms with van der Waals surface area (Å²) in [7, 11) is 0. The topological polar surface area (TPSA) is 55.3 Å². The predicted octanol–water partition coefficient (Wildman–Crippen LogP) is 1.21. The minimum atomic E-state index is 0.599. The number of pyridine rings is 1. The third-order valence-electron chi connectivity index (χ3n) is 3.14. The molecule has 3 heterocycles. The first kappa shape index (κ1) is 9.66. The van der Waals surface area contributed by atoms with E-state index < -0.39 is 0 Å². The third kappa shape index (κ3) is 1.76. The van der Waals surface area contributed by atoms with Gasteiger partial charge in [-0.15, -0.1) is 0 Å². The Labute approximate surface area is 94.5 Å². The first-order valence-electron chi connectivity index (χ1n) is 5.78. The van der Waals surface area contributed by atoms with Crippen molar-refractivity contribution >= 4 is 11.3 Å². The standard InChI is InChI=1S/C12H16N4/c13-9-3-4-12-15-11(8-16(12)7-9)6-10-2-1-5-14-10/h3-4,7-8,10,14H,1-2,5-6,13H2. The summed E-state index contributed by atoms with van der Waals surface area (Å²) in [5.41, 5.74) is 8.63. The molecule has 0 aliphatic carbocycles. The van der Waals surface area contributed by atoms with E-state index in [4.69, 9.17) is 5.73 Å². The van der Waals surface area contributed by atoms with E-state index in [1.807, 2.05) is 22.7 Å². The highest BCUT2D eigenvalue weighted by atomic mass is 15.0. The Hall–Kier alpha value is -1.55. The van der Waals surface area contributed by atoms with Gasteiger partial charge in [0.15, 0.2) is 0 Å². The molecule has 1 saturated heterocycles. The van der Waals surface area contributed by atoms with Gasteiger partial charge in [0, 0.05) is 30.5 Å². The third-order valence-corrected chi connectivity index (χ3v) is 3.14. The summed E-state index contributed by atoms with van der Waals surface area (Å²) in [6.07, 6.45) is 7.54. The summed E-state index contributed by atoms with van der Waals surface area (Å²) in [5.74, 6) is 0. The predicted molar refractivity (Wildman–Crippen MR) is 64.3 cm³/mol. The van der Waals surface area contributed by atoms with Gasteiger partial charge in [0.05, 0.1) is 5.69 Å². The summed E-state index contributed by atoms with van der Waals surface area (Å²) >= 11 is 0. The highest BCUT2D eigenvalue weighted by molar-refractivity contribution is 5.48. The van der Waals surface area contributed by atoms with Gasteiger partial charge in [-0.2, -0.15) is 0 Å². The van der Waals surface area contributed by atoms with Crippen LogP contribution >= 0.6 is 0 Å². The van der Waals surface area contributed by atoms with E-state index in [2.05, 4.69) is 16.5 Å². The number of nitrogens with one attached hydrogen (secondary N) is 1. The number of nitrogens with two attached hydrogens (primary N) is 1. The maximum absolute atomic E-state index is 5.74. The Morgan fingerprint density at radius 3 is 3.19 bits per heavy atom. The number of nitrogen functional groups attached to an aromatic ring is 1. The highest BCUT2D eigenvalue weighted by Crippen LogP contribution is 2.13. The van der Waals surface area contributed by atoms with Gasteiger partial charge in [0.2, 0.25) is 0 Å². The van der Waals surface area contributed by atoms with Crippen molar-refractivity contribution in [1.29, 1.82) is 0 Å². The second kappa shape index (κ2) is 3.79. The van der Waals surface area contributed by atoms with Gasteiger partial charge in [-0.1, -0.05) is 0 Å². The zero-order valence-electron chi connectivity index (χ0n) is 9.19. The van der Waals surface area contributed by atoms with Gasteiger partial charge in [-0.3, -0.25) is 0 Å². The molecule has 1 unspecified atom stereocenters. The first-order valence-corrected chi connectivity index (χ1v) is 5.78. The number of fused-ring (bicyclic) bond motifs is 1. The van der Waals surface area contributed by atoms with E-state index >= 15 is 0 Å². The fourth-order valence-electron chi connectivity index (χ4n) is 2.34. The Balaban J connectivity index is 1.86. The Kier molecular flexibility index (Phi) is 2.29. The number of rotatable bonds is 2. The average molecular weight is 216 g/mol. The van der Waals surface area contributed by atoms with Crippen molar-refractivity contribution in [1.82, 2.24) is 14.7 Å². The van der Waals surface area contributed by atoms with Gasteiger partial charge < -0.3 is 15.5 Å². The smallest absolute Gasteiger partial charge is 0.137 e. The number of imidazole rings is 1. The van der Waals surface area contributed by atoms with Crippen LogP contribution in [0.4, 0.5) is 5.69 Å². The van der Waals surface area contributed by atoms with Gasteiger partial charge in [0.1, 0.15) is 5.65 Å². The molecule has 1 fully saturated rings. The van der Waals surface area contributed by atoms with Gasteiger partial charge in [0.25, 0.3) is 0 Å². The molecule has 1 aliphatic heterocycles. The number of aromatic nitrogens is 2. The maximum Gasteiger partial charge on any atom is 0.137 e. The number of hydrogen-bond donors (Lipinski definition) is 2. The van der Waals surface area contributed by atoms with E-state index in [0.717, 1.165) is 30.0 Å². The Morgan fingerprint density at radius 1 is 1.44 bits per heavy atom. The maximum atomic E-state index is 5.74. The molecule has 1 atom stereocenters. The van der Waals surface area contributed by atoms with Crippen LogP contribution in [0.3, 0.4) is 0 Å². The van der Waals surface area contributed by atoms with Crippen LogP contribution in [0.1, 0.15) is 18.5 Å². The minimum absolute atomic E-state index is 0.599. The Bertz CT molecular complexity index is 497. The van der Waals surface area contributed by atoms with E-state index in [0.29, 0.717) is 6.04 Å². The van der Waals surface area contributed by atoms with Crippen LogP contribution in [0.5, 0.6) is 0 Å². The molecule has 3 N–H and O–H groups in total. The van der Waals surface area contributed by atoms with Crippen LogP contribution in [0.25, 0.3) is 5.65 Å². The van der Waals surface area contributed by atoms with Crippen molar-refractivity contribution in [3.8, 4) is 0 Å². The molecule has 84 valence electrons. The van der Waals surface area contributed by atoms with Crippen LogP contribution in [-0.2, 0) is 6.42 Å². The number of hydrogen-bond acceptors (Lipinski definition) is 3. The molecule has 16 heavy (non-hydrogen) atoms. The highest BCUT2D eigenvalue weighted by Gasteiger charge is 2.15. The van der Waals surface area contributed by atoms with Crippen molar-refractivity contribution in [2.75, 3.05) is 12.3 Å². The molecule has 0 spiro atoms. The van der Waals surface area contributed by atoms with Crippen molar-refractivity contribution < 1.29 is 0 Å². The monoisotopic (exact) mass is 216 g/mol. The lowest BCUT2D eigenvalue weighted by atomic mass is 10.1. The van der Waals surface area contributed by atoms with Crippen molar-refractivity contribution in [2.24, 2.45) is 0 Å². The fraction of sp³-hybridized carbons (Fsp3) is 0.417. The van der Waals surface area contributed by atoms with Crippen LogP contribution in [-0.4, -0.2) is 22.0 Å². The van der Waals surface area contributed by atoms with Crippen LogP contribution in [0, 0.1) is 0 Å². The summed E-state index contributed by atoms with van der Waals surface area (Å²) in [6.45, 7) is 1.14. The van der Waals surface area contributed by atoms with Crippen molar-refractivity contribution in [3.05, 3.63) is 30.2 Å². The first-order chi connectivity index (χ1) is 7.81. The minimum Gasteiger partial charge on any atom is -0.398 e. The molecule has 0 aromatic carbocycles. The van der Waals surface area contributed by atoms with Gasteiger partial charge in [-0.05, 0) is 31.5 Å². The van der Waals surface area contributed by atoms with Crippen LogP contribution < -0.4 is 11.1 Å². The number of anilines is 1. The second-order valence-corrected chi connectivity index (χ2v) is 4.46. The van der Waals surface area contributed by atoms with E-state index in [1.165, 1.54) is 12.8 Å². The van der Waals surface area contributed by atoms with Crippen LogP contribution in [0.15, 0.2) is 24.5 Å². The van der Waals surface area contributed by atoms with Crippen molar-refractivity contribution in [3.63, 3.8) is 0 Å². The zero-order chi connectivity index (χ0) is 11.0. The molecule has 4 heteroatoms. The van der Waals surface area contributed by atoms with Gasteiger partial charge in [-0.25, -0.2) is 4.98 Å². The molecule has 0 amide bonds. The normalized spacial score (nSPS) is 20.6. The Morgan fingerprint density at radius 2 is 2.38 bits per heavy atom. The zero-order valence-corrected chi connectivity index (χ0v) is 9.19. The second-order valence-electron chi connectivity index (χ2n) is 4.46. The lowest BCUT2D eigenvalue weighted by Crippen LogP contribution is -2.23. The van der Waals surface area contributed by atoms with Gasteiger partial charge >= 0.3 is 0 Å². The number of nitrogens with zero attached hydrogens (tertiary/aromatic N) is 2.